The highest BCUT2D eigenvalue weighted by Crippen LogP contribution is 2.28. The molecule has 0 aromatic heterocycles. The maximum atomic E-state index is 12.0. The summed E-state index contributed by atoms with van der Waals surface area (Å²) >= 11 is 11.8. The third-order valence-corrected chi connectivity index (χ3v) is 4.20. The van der Waals surface area contributed by atoms with Crippen molar-refractivity contribution in [3.05, 3.63) is 57.6 Å². The summed E-state index contributed by atoms with van der Waals surface area (Å²) in [6, 6.07) is 10.2. The number of hydrogen-bond donors (Lipinski definition) is 1. The molecule has 2 aromatic carbocycles. The summed E-state index contributed by atoms with van der Waals surface area (Å²) in [4.78, 5) is 23.9. The van der Waals surface area contributed by atoms with Crippen molar-refractivity contribution >= 4 is 40.8 Å². The van der Waals surface area contributed by atoms with Crippen molar-refractivity contribution in [2.45, 2.75) is 26.9 Å². The van der Waals surface area contributed by atoms with E-state index in [1.54, 1.807) is 18.2 Å². The Morgan fingerprint density at radius 3 is 2.46 bits per heavy atom. The van der Waals surface area contributed by atoms with Crippen LogP contribution >= 0.6 is 23.2 Å². The Morgan fingerprint density at radius 1 is 1.08 bits per heavy atom. The van der Waals surface area contributed by atoms with E-state index in [0.717, 1.165) is 11.1 Å². The van der Waals surface area contributed by atoms with Crippen molar-refractivity contribution in [2.75, 3.05) is 11.9 Å². The number of benzene rings is 2. The van der Waals surface area contributed by atoms with Crippen molar-refractivity contribution in [2.24, 2.45) is 0 Å². The zero-order valence-corrected chi connectivity index (χ0v) is 16.1. The molecule has 0 aliphatic rings. The van der Waals surface area contributed by atoms with Gasteiger partial charge in [0.2, 0.25) is 0 Å². The Hall–Kier alpha value is -2.24. The minimum atomic E-state index is -0.928. The Kier molecular flexibility index (Phi) is 6.89. The topological polar surface area (TPSA) is 64.6 Å². The Balaban J connectivity index is 1.84. The van der Waals surface area contributed by atoms with Gasteiger partial charge in [-0.25, -0.2) is 4.79 Å². The fourth-order valence-electron chi connectivity index (χ4n) is 2.08. The van der Waals surface area contributed by atoms with E-state index in [4.69, 9.17) is 32.7 Å². The normalized spacial score (nSPS) is 11.6. The molecule has 1 amide bonds. The number of carbonyl (C=O) groups excluding carboxylic acids is 2. The van der Waals surface area contributed by atoms with Gasteiger partial charge in [0.15, 0.2) is 12.7 Å². The number of rotatable bonds is 6. The third kappa shape index (κ3) is 5.64. The van der Waals surface area contributed by atoms with Gasteiger partial charge in [0, 0.05) is 10.7 Å². The van der Waals surface area contributed by atoms with E-state index >= 15 is 0 Å². The van der Waals surface area contributed by atoms with E-state index in [2.05, 4.69) is 5.32 Å². The number of ether oxygens (including phenoxy) is 2. The molecule has 0 saturated carbocycles. The van der Waals surface area contributed by atoms with Gasteiger partial charge in [-0.15, -0.1) is 0 Å². The minimum Gasteiger partial charge on any atom is -0.477 e. The summed E-state index contributed by atoms with van der Waals surface area (Å²) in [5.74, 6) is -0.801. The van der Waals surface area contributed by atoms with Gasteiger partial charge in [0.05, 0.1) is 5.02 Å². The molecule has 0 aliphatic carbocycles. The lowest BCUT2D eigenvalue weighted by atomic mass is 10.1. The summed E-state index contributed by atoms with van der Waals surface area (Å²) in [5.41, 5.74) is 2.83. The quantitative estimate of drug-likeness (QED) is 0.728. The van der Waals surface area contributed by atoms with Gasteiger partial charge in [-0.1, -0.05) is 29.3 Å². The number of hydrogen-bond acceptors (Lipinski definition) is 4. The lowest BCUT2D eigenvalue weighted by Gasteiger charge is -2.15. The van der Waals surface area contributed by atoms with Crippen LogP contribution in [0, 0.1) is 13.8 Å². The first-order valence-corrected chi connectivity index (χ1v) is 8.67. The maximum Gasteiger partial charge on any atom is 0.347 e. The zero-order chi connectivity index (χ0) is 19.3. The zero-order valence-electron chi connectivity index (χ0n) is 14.6. The van der Waals surface area contributed by atoms with Crippen LogP contribution in [-0.4, -0.2) is 24.6 Å². The molecule has 0 aliphatic heterocycles. The molecule has 0 saturated heterocycles. The van der Waals surface area contributed by atoms with Gasteiger partial charge < -0.3 is 14.8 Å². The largest absolute Gasteiger partial charge is 0.477 e. The standard InChI is InChI=1S/C19H19Cl2NO4/c1-11-4-6-15(8-12(11)2)22-18(23)10-25-19(24)13(3)26-17-7-5-14(20)9-16(17)21/h4-9,13H,10H2,1-3H3,(H,22,23). The number of carbonyl (C=O) groups is 2. The van der Waals surface area contributed by atoms with E-state index in [0.29, 0.717) is 16.5 Å². The first-order valence-electron chi connectivity index (χ1n) is 7.91. The Labute approximate surface area is 162 Å². The molecule has 1 unspecified atom stereocenters. The van der Waals surface area contributed by atoms with E-state index < -0.39 is 24.6 Å². The van der Waals surface area contributed by atoms with Gasteiger partial charge in [-0.05, 0) is 62.2 Å². The lowest BCUT2D eigenvalue weighted by molar-refractivity contribution is -0.153. The van der Waals surface area contributed by atoms with Crippen LogP contribution in [0.1, 0.15) is 18.1 Å². The second-order valence-corrected chi connectivity index (χ2v) is 6.63. The second kappa shape index (κ2) is 8.92. The van der Waals surface area contributed by atoms with Crippen LogP contribution in [-0.2, 0) is 14.3 Å². The molecule has 7 heteroatoms. The van der Waals surface area contributed by atoms with Crippen molar-refractivity contribution < 1.29 is 19.1 Å². The average molecular weight is 396 g/mol. The number of nitrogens with one attached hydrogen (secondary N) is 1. The van der Waals surface area contributed by atoms with Crippen molar-refractivity contribution in [1.29, 1.82) is 0 Å². The molecule has 2 rings (SSSR count). The third-order valence-electron chi connectivity index (χ3n) is 3.67. The van der Waals surface area contributed by atoms with Gasteiger partial charge in [0.1, 0.15) is 5.75 Å². The first-order chi connectivity index (χ1) is 12.3. The molecule has 26 heavy (non-hydrogen) atoms. The lowest BCUT2D eigenvalue weighted by Crippen LogP contribution is -2.29. The number of amides is 1. The highest BCUT2D eigenvalue weighted by atomic mass is 35.5. The van der Waals surface area contributed by atoms with E-state index in [-0.39, 0.29) is 5.02 Å². The summed E-state index contributed by atoms with van der Waals surface area (Å²) in [7, 11) is 0. The Bertz CT molecular complexity index is 823. The van der Waals surface area contributed by atoms with Crippen molar-refractivity contribution in [3.8, 4) is 5.75 Å². The van der Waals surface area contributed by atoms with Gasteiger partial charge >= 0.3 is 5.97 Å². The summed E-state index contributed by atoms with van der Waals surface area (Å²) < 4.78 is 10.4. The van der Waals surface area contributed by atoms with Crippen LogP contribution in [0.4, 0.5) is 5.69 Å². The van der Waals surface area contributed by atoms with Crippen molar-refractivity contribution in [3.63, 3.8) is 0 Å². The predicted octanol–water partition coefficient (Wildman–Crippen LogP) is 4.56. The minimum absolute atomic E-state index is 0.282. The monoisotopic (exact) mass is 395 g/mol. The summed E-state index contributed by atoms with van der Waals surface area (Å²) in [6.07, 6.45) is -0.928. The number of anilines is 1. The molecule has 0 bridgehead atoms. The smallest absolute Gasteiger partial charge is 0.347 e. The van der Waals surface area contributed by atoms with Crippen LogP contribution in [0.3, 0.4) is 0 Å². The van der Waals surface area contributed by atoms with E-state index in [9.17, 15) is 9.59 Å². The fourth-order valence-corrected chi connectivity index (χ4v) is 2.53. The number of aryl methyl sites for hydroxylation is 2. The highest BCUT2D eigenvalue weighted by Gasteiger charge is 2.19. The van der Waals surface area contributed by atoms with E-state index in [1.165, 1.54) is 13.0 Å². The second-order valence-electron chi connectivity index (χ2n) is 5.79. The molecule has 1 atom stereocenters. The molecule has 0 radical (unpaired) electrons. The average Bonchev–Trinajstić information content (AvgIpc) is 2.58. The van der Waals surface area contributed by atoms with Gasteiger partial charge in [0.25, 0.3) is 5.91 Å². The van der Waals surface area contributed by atoms with Crippen molar-refractivity contribution in [1.82, 2.24) is 0 Å². The van der Waals surface area contributed by atoms with Crippen LogP contribution in [0.2, 0.25) is 10.0 Å². The Morgan fingerprint density at radius 2 is 1.81 bits per heavy atom. The predicted molar refractivity (Wildman–Crippen MR) is 102 cm³/mol. The van der Waals surface area contributed by atoms with Gasteiger partial charge in [-0.3, -0.25) is 4.79 Å². The molecule has 0 heterocycles. The summed E-state index contributed by atoms with van der Waals surface area (Å²) in [5, 5.41) is 3.42. The first kappa shape index (κ1) is 20.1. The summed E-state index contributed by atoms with van der Waals surface area (Å²) in [6.45, 7) is 5.03. The van der Waals surface area contributed by atoms with Crippen LogP contribution in [0.25, 0.3) is 0 Å². The van der Waals surface area contributed by atoms with Crippen LogP contribution < -0.4 is 10.1 Å². The van der Waals surface area contributed by atoms with Gasteiger partial charge in [-0.2, -0.15) is 0 Å². The van der Waals surface area contributed by atoms with Crippen LogP contribution in [0.5, 0.6) is 5.75 Å². The fraction of sp³-hybridized carbons (Fsp3) is 0.263. The molecule has 1 N–H and O–H groups in total. The molecule has 0 spiro atoms. The molecule has 2 aromatic rings. The molecular formula is C19H19Cl2NO4. The SMILES string of the molecule is Cc1ccc(NC(=O)COC(=O)C(C)Oc2ccc(Cl)cc2Cl)cc1C. The van der Waals surface area contributed by atoms with E-state index in [1.807, 2.05) is 26.0 Å². The highest BCUT2D eigenvalue weighted by molar-refractivity contribution is 6.35. The molecule has 0 fully saturated rings. The molecule has 5 nitrogen and oxygen atoms in total. The van der Waals surface area contributed by atoms with Crippen LogP contribution in [0.15, 0.2) is 36.4 Å². The maximum absolute atomic E-state index is 12.0. The molecular weight excluding hydrogens is 377 g/mol. The molecule has 138 valence electrons. The number of halogens is 2. The number of esters is 1.